The molecule has 0 spiro atoms. The Bertz CT molecular complexity index is 611. The van der Waals surface area contributed by atoms with Crippen molar-refractivity contribution in [1.29, 1.82) is 0 Å². The van der Waals surface area contributed by atoms with Gasteiger partial charge < -0.3 is 14.4 Å². The Morgan fingerprint density at radius 1 is 1.56 bits per heavy atom. The minimum atomic E-state index is -0.911. The molecule has 1 aliphatic carbocycles. The quantitative estimate of drug-likeness (QED) is 0.899. The third kappa shape index (κ3) is 1.65. The van der Waals surface area contributed by atoms with Crippen LogP contribution in [0.1, 0.15) is 36.2 Å². The van der Waals surface area contributed by atoms with Crippen LogP contribution in [-0.2, 0) is 0 Å². The summed E-state index contributed by atoms with van der Waals surface area (Å²) in [6.45, 7) is 2.40. The molecule has 0 saturated heterocycles. The molecule has 1 aromatic carbocycles. The zero-order valence-corrected chi connectivity index (χ0v) is 10.1. The zero-order chi connectivity index (χ0) is 12.7. The largest absolute Gasteiger partial charge is 0.493 e. The maximum absolute atomic E-state index is 11.3. The number of carbonyl (C=O) groups is 1. The van der Waals surface area contributed by atoms with Crippen molar-refractivity contribution in [2.75, 3.05) is 6.61 Å². The number of carboxylic acids is 1. The fourth-order valence-electron chi connectivity index (χ4n) is 2.30. The SMILES string of the molecule is CCOc1c[c]cc2c1c(C(=O)O)cn2C1CC1. The maximum atomic E-state index is 11.3. The number of aromatic carboxylic acids is 1. The van der Waals surface area contributed by atoms with Gasteiger partial charge >= 0.3 is 5.97 Å². The second-order valence-electron chi connectivity index (χ2n) is 4.50. The van der Waals surface area contributed by atoms with Crippen LogP contribution in [0.15, 0.2) is 18.3 Å². The average Bonchev–Trinajstić information content (AvgIpc) is 3.10. The smallest absolute Gasteiger partial charge is 0.338 e. The van der Waals surface area contributed by atoms with Crippen molar-refractivity contribution in [3.8, 4) is 5.75 Å². The molecule has 18 heavy (non-hydrogen) atoms. The number of hydrogen-bond acceptors (Lipinski definition) is 2. The Hall–Kier alpha value is -1.97. The Morgan fingerprint density at radius 2 is 2.33 bits per heavy atom. The summed E-state index contributed by atoms with van der Waals surface area (Å²) in [7, 11) is 0. The van der Waals surface area contributed by atoms with E-state index in [1.54, 1.807) is 12.3 Å². The van der Waals surface area contributed by atoms with Gasteiger partial charge in [0.25, 0.3) is 0 Å². The third-order valence-corrected chi connectivity index (χ3v) is 3.22. The van der Waals surface area contributed by atoms with Gasteiger partial charge in [-0.1, -0.05) is 0 Å². The number of nitrogens with zero attached hydrogens (tertiary/aromatic N) is 1. The van der Waals surface area contributed by atoms with E-state index in [0.29, 0.717) is 29.3 Å². The van der Waals surface area contributed by atoms with Gasteiger partial charge in [0.05, 0.1) is 23.1 Å². The molecule has 0 aliphatic heterocycles. The Balaban J connectivity index is 2.28. The van der Waals surface area contributed by atoms with Gasteiger partial charge in [-0.15, -0.1) is 0 Å². The Kier molecular flexibility index (Phi) is 2.51. The molecule has 1 heterocycles. The van der Waals surface area contributed by atoms with E-state index < -0.39 is 5.97 Å². The fourth-order valence-corrected chi connectivity index (χ4v) is 2.30. The second kappa shape index (κ2) is 4.05. The first-order chi connectivity index (χ1) is 8.72. The van der Waals surface area contributed by atoms with Gasteiger partial charge in [-0.2, -0.15) is 0 Å². The van der Waals surface area contributed by atoms with Gasteiger partial charge in [-0.3, -0.25) is 0 Å². The van der Waals surface area contributed by atoms with E-state index in [2.05, 4.69) is 6.07 Å². The van der Waals surface area contributed by atoms with Crippen molar-refractivity contribution in [3.63, 3.8) is 0 Å². The zero-order valence-electron chi connectivity index (χ0n) is 10.1. The molecule has 2 aromatic rings. The lowest BCUT2D eigenvalue weighted by atomic mass is 10.1. The molecule has 1 aliphatic rings. The van der Waals surface area contributed by atoms with E-state index in [-0.39, 0.29) is 0 Å². The fraction of sp³-hybridized carbons (Fsp3) is 0.357. The third-order valence-electron chi connectivity index (χ3n) is 3.22. The molecule has 1 radical (unpaired) electrons. The van der Waals surface area contributed by atoms with Crippen LogP contribution in [-0.4, -0.2) is 22.2 Å². The van der Waals surface area contributed by atoms with Crippen LogP contribution in [0.2, 0.25) is 0 Å². The van der Waals surface area contributed by atoms with Crippen molar-refractivity contribution in [2.45, 2.75) is 25.8 Å². The Labute approximate surface area is 105 Å². The molecule has 0 atom stereocenters. The van der Waals surface area contributed by atoms with Crippen LogP contribution in [0.3, 0.4) is 0 Å². The minimum Gasteiger partial charge on any atom is -0.493 e. The maximum Gasteiger partial charge on any atom is 0.338 e. The molecule has 93 valence electrons. The summed E-state index contributed by atoms with van der Waals surface area (Å²) in [6, 6.07) is 7.00. The molecule has 3 rings (SSSR count). The van der Waals surface area contributed by atoms with Gasteiger partial charge in [0.1, 0.15) is 5.75 Å². The normalized spacial score (nSPS) is 14.9. The van der Waals surface area contributed by atoms with Crippen LogP contribution < -0.4 is 4.74 Å². The number of hydrogen-bond donors (Lipinski definition) is 1. The number of benzene rings is 1. The first-order valence-electron chi connectivity index (χ1n) is 6.13. The van der Waals surface area contributed by atoms with Crippen molar-refractivity contribution in [2.24, 2.45) is 0 Å². The highest BCUT2D eigenvalue weighted by molar-refractivity contribution is 6.06. The predicted molar refractivity (Wildman–Crippen MR) is 67.2 cm³/mol. The van der Waals surface area contributed by atoms with Crippen molar-refractivity contribution < 1.29 is 14.6 Å². The summed E-state index contributed by atoms with van der Waals surface area (Å²) in [6.07, 6.45) is 3.95. The molecule has 1 saturated carbocycles. The van der Waals surface area contributed by atoms with Crippen LogP contribution in [0.5, 0.6) is 5.75 Å². The highest BCUT2D eigenvalue weighted by Gasteiger charge is 2.28. The van der Waals surface area contributed by atoms with Gasteiger partial charge in [-0.05, 0) is 38.0 Å². The molecule has 1 N–H and O–H groups in total. The molecule has 1 fully saturated rings. The molecular formula is C14H14NO3. The predicted octanol–water partition coefficient (Wildman–Crippen LogP) is 2.87. The molecular weight excluding hydrogens is 230 g/mol. The standard InChI is InChI=1S/C14H14NO3/c1-2-18-12-5-3-4-11-13(12)10(14(16)17)8-15(11)9-6-7-9/h4-5,8-9H,2,6-7H2,1H3,(H,16,17). The van der Waals surface area contributed by atoms with Crippen molar-refractivity contribution in [3.05, 3.63) is 30.0 Å². The number of rotatable bonds is 4. The van der Waals surface area contributed by atoms with E-state index in [4.69, 9.17) is 4.74 Å². The van der Waals surface area contributed by atoms with Crippen LogP contribution in [0.25, 0.3) is 10.9 Å². The van der Waals surface area contributed by atoms with Crippen LogP contribution in [0.4, 0.5) is 0 Å². The van der Waals surface area contributed by atoms with Crippen molar-refractivity contribution in [1.82, 2.24) is 4.57 Å². The summed E-state index contributed by atoms with van der Waals surface area (Å²) >= 11 is 0. The highest BCUT2D eigenvalue weighted by atomic mass is 16.5. The Morgan fingerprint density at radius 3 is 2.94 bits per heavy atom. The summed E-state index contributed by atoms with van der Waals surface area (Å²) in [5.74, 6) is -0.307. The van der Waals surface area contributed by atoms with Crippen LogP contribution >= 0.6 is 0 Å². The van der Waals surface area contributed by atoms with E-state index in [0.717, 1.165) is 18.4 Å². The summed E-state index contributed by atoms with van der Waals surface area (Å²) < 4.78 is 7.56. The first-order valence-corrected chi connectivity index (χ1v) is 6.13. The summed E-state index contributed by atoms with van der Waals surface area (Å²) in [5, 5.41) is 10.0. The average molecular weight is 244 g/mol. The van der Waals surface area contributed by atoms with Crippen molar-refractivity contribution >= 4 is 16.9 Å². The van der Waals surface area contributed by atoms with E-state index in [9.17, 15) is 9.90 Å². The highest BCUT2D eigenvalue weighted by Crippen LogP contribution is 2.41. The van der Waals surface area contributed by atoms with Gasteiger partial charge in [-0.25, -0.2) is 4.79 Å². The summed E-state index contributed by atoms with van der Waals surface area (Å²) in [5.41, 5.74) is 1.22. The van der Waals surface area contributed by atoms with E-state index >= 15 is 0 Å². The number of ether oxygens (including phenoxy) is 1. The molecule has 0 bridgehead atoms. The van der Waals surface area contributed by atoms with E-state index in [1.807, 2.05) is 17.6 Å². The monoisotopic (exact) mass is 244 g/mol. The second-order valence-corrected chi connectivity index (χ2v) is 4.50. The number of fused-ring (bicyclic) bond motifs is 1. The molecule has 0 amide bonds. The van der Waals surface area contributed by atoms with E-state index in [1.165, 1.54) is 0 Å². The topological polar surface area (TPSA) is 51.5 Å². The van der Waals surface area contributed by atoms with Crippen LogP contribution in [0, 0.1) is 6.07 Å². The lowest BCUT2D eigenvalue weighted by Gasteiger charge is -2.06. The van der Waals surface area contributed by atoms with Gasteiger partial charge in [0, 0.05) is 12.2 Å². The summed E-state index contributed by atoms with van der Waals surface area (Å²) in [4.78, 5) is 11.3. The molecule has 1 aromatic heterocycles. The molecule has 4 heteroatoms. The van der Waals surface area contributed by atoms with Gasteiger partial charge in [0.2, 0.25) is 0 Å². The molecule has 4 nitrogen and oxygen atoms in total. The lowest BCUT2D eigenvalue weighted by Crippen LogP contribution is -1.97. The first kappa shape index (κ1) is 11.1. The lowest BCUT2D eigenvalue weighted by molar-refractivity contribution is 0.0698. The minimum absolute atomic E-state index is 0.314. The molecule has 0 unspecified atom stereocenters. The number of aromatic nitrogens is 1. The number of carboxylic acid groups (broad SMARTS) is 1. The van der Waals surface area contributed by atoms with Gasteiger partial charge in [0.15, 0.2) is 0 Å².